The minimum Gasteiger partial charge on any atom is -0.454 e. The van der Waals surface area contributed by atoms with Crippen LogP contribution in [0.4, 0.5) is 5.82 Å². The standard InChI is InChI=1S/C19H20N4O5/c1-3-8-23-16(20)15(17(25)22(2)19(23)27)14(24)10-28-18(26)12-9-21-13-7-5-4-6-11(12)13/h4-7,9,21H,3,8,10,20H2,1-2H3. The maximum absolute atomic E-state index is 12.6. The molecule has 0 fully saturated rings. The number of nitrogen functional groups attached to an aromatic ring is 1. The fourth-order valence-corrected chi connectivity index (χ4v) is 3.01. The summed E-state index contributed by atoms with van der Waals surface area (Å²) in [6.45, 7) is 1.43. The zero-order valence-electron chi connectivity index (χ0n) is 15.5. The Bertz CT molecular complexity index is 1190. The second kappa shape index (κ2) is 7.55. The SMILES string of the molecule is CCCn1c(N)c(C(=O)COC(=O)c2c[nH]c3ccccc23)c(=O)n(C)c1=O. The number of Topliss-reactive ketones (excluding diaryl/α,β-unsaturated/α-hetero) is 1. The molecule has 2 aromatic heterocycles. The molecule has 0 atom stereocenters. The number of para-hydroxylation sites is 1. The third-order valence-corrected chi connectivity index (χ3v) is 4.45. The van der Waals surface area contributed by atoms with Gasteiger partial charge in [-0.3, -0.25) is 18.7 Å². The molecule has 3 N–H and O–H groups in total. The summed E-state index contributed by atoms with van der Waals surface area (Å²) in [7, 11) is 1.27. The van der Waals surface area contributed by atoms with Crippen molar-refractivity contribution in [3.8, 4) is 0 Å². The number of carbonyl (C=O) groups excluding carboxylic acids is 2. The molecule has 9 heteroatoms. The number of ketones is 1. The zero-order chi connectivity index (χ0) is 20.4. The van der Waals surface area contributed by atoms with Crippen LogP contribution in [0.15, 0.2) is 40.1 Å². The third-order valence-electron chi connectivity index (χ3n) is 4.45. The van der Waals surface area contributed by atoms with Crippen molar-refractivity contribution in [2.75, 3.05) is 12.3 Å². The number of carbonyl (C=O) groups is 2. The molecule has 0 radical (unpaired) electrons. The Hall–Kier alpha value is -3.62. The first kappa shape index (κ1) is 19.2. The van der Waals surface area contributed by atoms with Gasteiger partial charge >= 0.3 is 11.7 Å². The highest BCUT2D eigenvalue weighted by Gasteiger charge is 2.23. The third kappa shape index (κ3) is 3.22. The van der Waals surface area contributed by atoms with Crippen LogP contribution in [0.5, 0.6) is 0 Å². The summed E-state index contributed by atoms with van der Waals surface area (Å²) in [5, 5.41) is 0.659. The molecule has 3 rings (SSSR count). The van der Waals surface area contributed by atoms with Gasteiger partial charge in [0.05, 0.1) is 5.56 Å². The van der Waals surface area contributed by atoms with Gasteiger partial charge in [0.25, 0.3) is 5.56 Å². The van der Waals surface area contributed by atoms with Gasteiger partial charge in [-0.1, -0.05) is 25.1 Å². The van der Waals surface area contributed by atoms with Gasteiger partial charge in [-0.05, 0) is 12.5 Å². The molecule has 2 heterocycles. The Labute approximate surface area is 159 Å². The molecular formula is C19H20N4O5. The summed E-state index contributed by atoms with van der Waals surface area (Å²) >= 11 is 0. The predicted octanol–water partition coefficient (Wildman–Crippen LogP) is 1.06. The number of fused-ring (bicyclic) bond motifs is 1. The summed E-state index contributed by atoms with van der Waals surface area (Å²) < 4.78 is 7.07. The fraction of sp³-hybridized carbons (Fsp3) is 0.263. The monoisotopic (exact) mass is 384 g/mol. The molecule has 9 nitrogen and oxygen atoms in total. The van der Waals surface area contributed by atoms with Crippen molar-refractivity contribution >= 4 is 28.5 Å². The van der Waals surface area contributed by atoms with Crippen LogP contribution in [0.3, 0.4) is 0 Å². The molecular weight excluding hydrogens is 364 g/mol. The van der Waals surface area contributed by atoms with Crippen molar-refractivity contribution in [3.63, 3.8) is 0 Å². The predicted molar refractivity (Wildman–Crippen MR) is 104 cm³/mol. The second-order valence-corrected chi connectivity index (χ2v) is 6.31. The second-order valence-electron chi connectivity index (χ2n) is 6.31. The number of rotatable bonds is 6. The minimum absolute atomic E-state index is 0.219. The fourth-order valence-electron chi connectivity index (χ4n) is 3.01. The van der Waals surface area contributed by atoms with E-state index in [-0.39, 0.29) is 23.5 Å². The van der Waals surface area contributed by atoms with Crippen LogP contribution >= 0.6 is 0 Å². The van der Waals surface area contributed by atoms with E-state index in [1.807, 2.05) is 13.0 Å². The molecule has 1 aromatic carbocycles. The van der Waals surface area contributed by atoms with Crippen LogP contribution in [0.1, 0.15) is 34.1 Å². The van der Waals surface area contributed by atoms with Crippen molar-refractivity contribution in [2.24, 2.45) is 7.05 Å². The van der Waals surface area contributed by atoms with Crippen LogP contribution < -0.4 is 17.0 Å². The Balaban J connectivity index is 1.86. The molecule has 3 aromatic rings. The van der Waals surface area contributed by atoms with E-state index in [2.05, 4.69) is 4.98 Å². The lowest BCUT2D eigenvalue weighted by atomic mass is 10.2. The summed E-state index contributed by atoms with van der Waals surface area (Å²) in [6, 6.07) is 7.15. The minimum atomic E-state index is -0.817. The number of esters is 1. The summed E-state index contributed by atoms with van der Waals surface area (Å²) in [4.78, 5) is 52.4. The highest BCUT2D eigenvalue weighted by molar-refractivity contribution is 6.06. The van der Waals surface area contributed by atoms with Gasteiger partial charge in [0.15, 0.2) is 6.61 Å². The quantitative estimate of drug-likeness (QED) is 0.483. The molecule has 28 heavy (non-hydrogen) atoms. The van der Waals surface area contributed by atoms with Gasteiger partial charge < -0.3 is 15.5 Å². The van der Waals surface area contributed by atoms with E-state index < -0.39 is 29.6 Å². The van der Waals surface area contributed by atoms with Crippen LogP contribution in [-0.4, -0.2) is 32.5 Å². The number of hydrogen-bond acceptors (Lipinski definition) is 6. The molecule has 146 valence electrons. The number of hydrogen-bond donors (Lipinski definition) is 2. The number of ether oxygens (including phenoxy) is 1. The van der Waals surface area contributed by atoms with E-state index in [0.29, 0.717) is 11.8 Å². The lowest BCUT2D eigenvalue weighted by Crippen LogP contribution is -2.43. The van der Waals surface area contributed by atoms with Gasteiger partial charge in [0.1, 0.15) is 11.4 Å². The van der Waals surface area contributed by atoms with E-state index >= 15 is 0 Å². The van der Waals surface area contributed by atoms with E-state index in [0.717, 1.165) is 14.7 Å². The Morgan fingerprint density at radius 3 is 2.64 bits per heavy atom. The Morgan fingerprint density at radius 2 is 1.93 bits per heavy atom. The highest BCUT2D eigenvalue weighted by atomic mass is 16.5. The van der Waals surface area contributed by atoms with E-state index in [4.69, 9.17) is 10.5 Å². The zero-order valence-corrected chi connectivity index (χ0v) is 15.5. The van der Waals surface area contributed by atoms with Gasteiger partial charge in [-0.2, -0.15) is 0 Å². The van der Waals surface area contributed by atoms with Gasteiger partial charge in [0.2, 0.25) is 5.78 Å². The van der Waals surface area contributed by atoms with Crippen LogP contribution in [0.2, 0.25) is 0 Å². The lowest BCUT2D eigenvalue weighted by Gasteiger charge is -2.13. The number of aromatic amines is 1. The normalized spacial score (nSPS) is 10.9. The average Bonchev–Trinajstić information content (AvgIpc) is 3.12. The maximum atomic E-state index is 12.6. The van der Waals surface area contributed by atoms with Crippen molar-refractivity contribution in [2.45, 2.75) is 19.9 Å². The van der Waals surface area contributed by atoms with Gasteiger partial charge in [-0.15, -0.1) is 0 Å². The van der Waals surface area contributed by atoms with Crippen molar-refractivity contribution < 1.29 is 14.3 Å². The van der Waals surface area contributed by atoms with Crippen LogP contribution in [0.25, 0.3) is 10.9 Å². The average molecular weight is 384 g/mol. The first-order valence-electron chi connectivity index (χ1n) is 8.72. The largest absolute Gasteiger partial charge is 0.454 e. The maximum Gasteiger partial charge on any atom is 0.340 e. The van der Waals surface area contributed by atoms with E-state index in [1.54, 1.807) is 18.2 Å². The molecule has 0 spiro atoms. The Kier molecular flexibility index (Phi) is 5.16. The molecule has 0 saturated carbocycles. The number of H-pyrrole nitrogens is 1. The summed E-state index contributed by atoms with van der Waals surface area (Å²) in [5.74, 6) is -1.69. The van der Waals surface area contributed by atoms with E-state index in [9.17, 15) is 19.2 Å². The molecule has 0 aliphatic heterocycles. The van der Waals surface area contributed by atoms with Crippen molar-refractivity contribution in [1.82, 2.24) is 14.1 Å². The van der Waals surface area contributed by atoms with Crippen molar-refractivity contribution in [1.29, 1.82) is 0 Å². The van der Waals surface area contributed by atoms with E-state index in [1.165, 1.54) is 13.2 Å². The molecule has 0 aliphatic rings. The molecule has 0 bridgehead atoms. The number of aromatic nitrogens is 3. The van der Waals surface area contributed by atoms with Gasteiger partial charge in [-0.25, -0.2) is 9.59 Å². The molecule has 0 amide bonds. The topological polar surface area (TPSA) is 129 Å². The number of nitrogens with two attached hydrogens (primary N) is 1. The van der Waals surface area contributed by atoms with Gasteiger partial charge in [0, 0.05) is 30.7 Å². The van der Waals surface area contributed by atoms with Crippen LogP contribution in [0, 0.1) is 0 Å². The number of benzene rings is 1. The number of nitrogens with one attached hydrogen (secondary N) is 1. The Morgan fingerprint density at radius 1 is 1.21 bits per heavy atom. The first-order chi connectivity index (χ1) is 13.4. The molecule has 0 aliphatic carbocycles. The number of anilines is 1. The molecule has 0 saturated heterocycles. The summed E-state index contributed by atoms with van der Waals surface area (Å²) in [6.07, 6.45) is 2.08. The first-order valence-corrected chi connectivity index (χ1v) is 8.72. The summed E-state index contributed by atoms with van der Waals surface area (Å²) in [5.41, 5.74) is 5.16. The van der Waals surface area contributed by atoms with Crippen LogP contribution in [-0.2, 0) is 18.3 Å². The number of nitrogens with zero attached hydrogens (tertiary/aromatic N) is 2. The van der Waals surface area contributed by atoms with Crippen molar-refractivity contribution in [3.05, 3.63) is 62.4 Å². The smallest absolute Gasteiger partial charge is 0.340 e. The lowest BCUT2D eigenvalue weighted by molar-refractivity contribution is 0.0476. The highest BCUT2D eigenvalue weighted by Crippen LogP contribution is 2.18. The molecule has 0 unspecified atom stereocenters.